The number of rotatable bonds is 6. The predicted molar refractivity (Wildman–Crippen MR) is 68.0 cm³/mol. The van der Waals surface area contributed by atoms with E-state index >= 15 is 0 Å². The zero-order valence-electron chi connectivity index (χ0n) is 7.97. The molecule has 0 aromatic carbocycles. The van der Waals surface area contributed by atoms with Crippen molar-refractivity contribution in [3.8, 4) is 0 Å². The first kappa shape index (κ1) is 16.7. The zero-order valence-corrected chi connectivity index (χ0v) is 9.60. The van der Waals surface area contributed by atoms with E-state index in [0.29, 0.717) is 0 Å². The average Bonchev–Trinajstić information content (AvgIpc) is 2.06. The maximum atomic E-state index is 5.32. The van der Waals surface area contributed by atoms with Crippen molar-refractivity contribution in [1.82, 2.24) is 0 Å². The topological polar surface area (TPSA) is 9.23 Å². The molecule has 1 nitrogen and oxygen atoms in total. The molecule has 0 heterocycles. The summed E-state index contributed by atoms with van der Waals surface area (Å²) in [5.41, 5.74) is 0. The van der Waals surface area contributed by atoms with Gasteiger partial charge in [0.15, 0.2) is 0 Å². The second-order valence-electron chi connectivity index (χ2n) is 2.65. The van der Waals surface area contributed by atoms with Gasteiger partial charge in [0.1, 0.15) is 0 Å². The fourth-order valence-corrected chi connectivity index (χ4v) is 1.74. The minimum absolute atomic E-state index is 0. The summed E-state index contributed by atoms with van der Waals surface area (Å²) in [7, 11) is 0. The van der Waals surface area contributed by atoms with E-state index in [1.54, 1.807) is 11.8 Å². The average molecular weight is 230 g/mol. The fraction of sp³-hybridized carbons (Fsp3) is 0.889. The van der Waals surface area contributed by atoms with Crippen molar-refractivity contribution >= 4 is 57.9 Å². The summed E-state index contributed by atoms with van der Waals surface area (Å²) >= 11 is 6.68. The van der Waals surface area contributed by atoms with Crippen LogP contribution in [0, 0.1) is 0 Å². The van der Waals surface area contributed by atoms with Gasteiger partial charge < -0.3 is 4.74 Å². The number of ether oxygens (including phenoxy) is 1. The third-order valence-corrected chi connectivity index (χ3v) is 2.75. The predicted octanol–water partition coefficient (Wildman–Crippen LogP) is 2.97. The molecule has 13 heavy (non-hydrogen) atoms. The second kappa shape index (κ2) is 13.2. The molecule has 0 aliphatic carbocycles. The van der Waals surface area contributed by atoms with E-state index in [1.165, 1.54) is 19.3 Å². The standard InChI is InChI=1S/C9H18OS2.Na.H/c1-3-5-7-10-9(11)12-8-6-4-2;;/h3-8H2,1-2H3;;. The van der Waals surface area contributed by atoms with Crippen molar-refractivity contribution in [3.63, 3.8) is 0 Å². The Kier molecular flexibility index (Phi) is 17.0. The van der Waals surface area contributed by atoms with Crippen LogP contribution in [0.4, 0.5) is 0 Å². The third kappa shape index (κ3) is 13.2. The molecular formula is C9H19NaOS2. The summed E-state index contributed by atoms with van der Waals surface area (Å²) in [4.78, 5) is 0. The van der Waals surface area contributed by atoms with Gasteiger partial charge in [-0.1, -0.05) is 38.5 Å². The van der Waals surface area contributed by atoms with E-state index in [1.807, 2.05) is 0 Å². The van der Waals surface area contributed by atoms with E-state index in [2.05, 4.69) is 13.8 Å². The van der Waals surface area contributed by atoms with Crippen molar-refractivity contribution in [2.75, 3.05) is 12.4 Å². The van der Waals surface area contributed by atoms with Crippen molar-refractivity contribution in [2.45, 2.75) is 39.5 Å². The van der Waals surface area contributed by atoms with Crippen LogP contribution in [0.2, 0.25) is 0 Å². The Morgan fingerprint density at radius 1 is 1.23 bits per heavy atom. The van der Waals surface area contributed by atoms with Gasteiger partial charge in [0.2, 0.25) is 4.38 Å². The zero-order chi connectivity index (χ0) is 9.23. The molecule has 4 heteroatoms. The van der Waals surface area contributed by atoms with Crippen molar-refractivity contribution in [2.24, 2.45) is 0 Å². The van der Waals surface area contributed by atoms with Crippen LogP contribution in [0.15, 0.2) is 0 Å². The van der Waals surface area contributed by atoms with Crippen LogP contribution in [0.1, 0.15) is 39.5 Å². The van der Waals surface area contributed by atoms with Gasteiger partial charge >= 0.3 is 29.6 Å². The van der Waals surface area contributed by atoms with Crippen molar-refractivity contribution in [1.29, 1.82) is 0 Å². The van der Waals surface area contributed by atoms with Gasteiger partial charge in [0, 0.05) is 5.75 Å². The molecule has 0 fully saturated rings. The van der Waals surface area contributed by atoms with E-state index in [4.69, 9.17) is 17.0 Å². The molecule has 74 valence electrons. The van der Waals surface area contributed by atoms with Gasteiger partial charge in [-0.25, -0.2) is 0 Å². The number of thioether (sulfide) groups is 1. The molecule has 0 saturated heterocycles. The molecule has 0 aromatic heterocycles. The van der Waals surface area contributed by atoms with E-state index < -0.39 is 0 Å². The van der Waals surface area contributed by atoms with Crippen LogP contribution in [0.5, 0.6) is 0 Å². The molecule has 0 radical (unpaired) electrons. The quantitative estimate of drug-likeness (QED) is 0.394. The van der Waals surface area contributed by atoms with E-state index in [9.17, 15) is 0 Å². The second-order valence-corrected chi connectivity index (χ2v) is 4.35. The Bertz CT molecular complexity index is 108. The fourth-order valence-electron chi connectivity index (χ4n) is 0.641. The van der Waals surface area contributed by atoms with Crippen LogP contribution in [0.3, 0.4) is 0 Å². The molecule has 0 aromatic rings. The summed E-state index contributed by atoms with van der Waals surface area (Å²) in [6, 6.07) is 0. The van der Waals surface area contributed by atoms with E-state index in [-0.39, 0.29) is 29.6 Å². The van der Waals surface area contributed by atoms with Gasteiger partial charge in [-0.05, 0) is 25.1 Å². The molecule has 0 saturated carbocycles. The van der Waals surface area contributed by atoms with Crippen LogP contribution in [-0.4, -0.2) is 46.3 Å². The minimum atomic E-state index is 0. The Hall–Kier alpha value is 1.24. The first-order valence-electron chi connectivity index (χ1n) is 4.60. The molecule has 0 N–H and O–H groups in total. The summed E-state index contributed by atoms with van der Waals surface area (Å²) in [6.07, 6.45) is 4.73. The molecule has 0 bridgehead atoms. The number of thiocarbonyl (C=S) groups is 1. The molecule has 0 amide bonds. The van der Waals surface area contributed by atoms with Crippen molar-refractivity contribution in [3.05, 3.63) is 0 Å². The maximum absolute atomic E-state index is 5.32. The summed E-state index contributed by atoms with van der Waals surface area (Å²) < 4.78 is 6.04. The van der Waals surface area contributed by atoms with Crippen molar-refractivity contribution < 1.29 is 4.74 Å². The van der Waals surface area contributed by atoms with Crippen LogP contribution < -0.4 is 0 Å². The van der Waals surface area contributed by atoms with Crippen LogP contribution >= 0.6 is 24.0 Å². The Balaban J connectivity index is 0. The number of hydrogen-bond donors (Lipinski definition) is 0. The van der Waals surface area contributed by atoms with E-state index in [0.717, 1.165) is 23.2 Å². The molecular weight excluding hydrogens is 211 g/mol. The van der Waals surface area contributed by atoms with Gasteiger partial charge in [-0.15, -0.1) is 0 Å². The normalized spacial score (nSPS) is 9.08. The molecule has 0 rings (SSSR count). The Labute approximate surface area is 114 Å². The SMILES string of the molecule is CCCCOC(=S)SCCCC.[NaH]. The Morgan fingerprint density at radius 2 is 1.85 bits per heavy atom. The molecule has 0 aliphatic rings. The Morgan fingerprint density at radius 3 is 2.38 bits per heavy atom. The van der Waals surface area contributed by atoms with Gasteiger partial charge in [-0.3, -0.25) is 0 Å². The molecule has 0 aliphatic heterocycles. The van der Waals surface area contributed by atoms with Crippen LogP contribution in [-0.2, 0) is 4.74 Å². The summed E-state index contributed by atoms with van der Waals surface area (Å²) in [6.45, 7) is 5.12. The van der Waals surface area contributed by atoms with Gasteiger partial charge in [0.25, 0.3) is 0 Å². The molecule has 0 spiro atoms. The number of hydrogen-bond acceptors (Lipinski definition) is 3. The van der Waals surface area contributed by atoms with Gasteiger partial charge in [0.05, 0.1) is 6.61 Å². The molecule has 0 atom stereocenters. The van der Waals surface area contributed by atoms with Gasteiger partial charge in [-0.2, -0.15) is 0 Å². The first-order valence-corrected chi connectivity index (χ1v) is 6.00. The molecule has 0 unspecified atom stereocenters. The summed E-state index contributed by atoms with van der Waals surface area (Å²) in [5.74, 6) is 1.10. The van der Waals surface area contributed by atoms with Crippen LogP contribution in [0.25, 0.3) is 0 Å². The number of unbranched alkanes of at least 4 members (excludes halogenated alkanes) is 2. The first-order chi connectivity index (χ1) is 5.81. The third-order valence-electron chi connectivity index (χ3n) is 1.44. The summed E-state index contributed by atoms with van der Waals surface area (Å²) in [5, 5.41) is 0. The monoisotopic (exact) mass is 230 g/mol.